The fourth-order valence-corrected chi connectivity index (χ4v) is 7.62. The maximum absolute atomic E-state index is 12.4. The van der Waals surface area contributed by atoms with Crippen molar-refractivity contribution < 1.29 is 17.4 Å². The predicted molar refractivity (Wildman–Crippen MR) is 99.6 cm³/mol. The number of carbonyl (C=O) groups is 1. The molecular formula is C20H33NO4S. The average Bonchev–Trinajstić information content (AvgIpc) is 2.89. The van der Waals surface area contributed by atoms with Gasteiger partial charge in [-0.1, -0.05) is 6.92 Å². The largest absolute Gasteiger partial charge is 0.338 e. The standard InChI is InChI=1S/C20H33NO4S/c1-20-11-10-16-15-7-5-14(25-26(23,24)21(2)3)12-13(15)4-6-17(16)18(20)8-9-19(20)22/h13-18H,4-12H2,1-3H3. The van der Waals surface area contributed by atoms with Gasteiger partial charge in [-0.3, -0.25) is 8.98 Å². The molecule has 0 aliphatic heterocycles. The second kappa shape index (κ2) is 6.56. The number of nitrogens with zero attached hydrogens (tertiary/aromatic N) is 1. The zero-order valence-electron chi connectivity index (χ0n) is 16.3. The zero-order chi connectivity index (χ0) is 18.7. The number of carbonyl (C=O) groups excluding carboxylic acids is 1. The summed E-state index contributed by atoms with van der Waals surface area (Å²) in [6.45, 7) is 2.23. The van der Waals surface area contributed by atoms with E-state index in [0.29, 0.717) is 29.5 Å². The Morgan fingerprint density at radius 1 is 1.00 bits per heavy atom. The van der Waals surface area contributed by atoms with Crippen molar-refractivity contribution in [3.63, 3.8) is 0 Å². The molecule has 5 nitrogen and oxygen atoms in total. The fourth-order valence-electron chi connectivity index (χ4n) is 6.93. The van der Waals surface area contributed by atoms with Crippen molar-refractivity contribution >= 4 is 16.1 Å². The minimum atomic E-state index is -3.59. The number of ketones is 1. The highest BCUT2D eigenvalue weighted by molar-refractivity contribution is 7.84. The van der Waals surface area contributed by atoms with E-state index in [1.807, 2.05) is 0 Å². The van der Waals surface area contributed by atoms with Crippen LogP contribution in [0.5, 0.6) is 0 Å². The summed E-state index contributed by atoms with van der Waals surface area (Å²) in [4.78, 5) is 12.4. The second-order valence-electron chi connectivity index (χ2n) is 9.62. The molecule has 4 aliphatic rings. The van der Waals surface area contributed by atoms with Gasteiger partial charge in [-0.2, -0.15) is 12.7 Å². The van der Waals surface area contributed by atoms with Crippen LogP contribution in [0.3, 0.4) is 0 Å². The smallest absolute Gasteiger partial charge is 0.299 e. The Morgan fingerprint density at radius 3 is 2.46 bits per heavy atom. The lowest BCUT2D eigenvalue weighted by molar-refractivity contribution is -0.133. The van der Waals surface area contributed by atoms with Gasteiger partial charge in [0.05, 0.1) is 6.10 Å². The Hall–Kier alpha value is -0.460. The van der Waals surface area contributed by atoms with Crippen molar-refractivity contribution in [2.45, 2.75) is 70.8 Å². The van der Waals surface area contributed by atoms with Crippen LogP contribution < -0.4 is 0 Å². The first-order valence-electron chi connectivity index (χ1n) is 10.4. The molecule has 0 spiro atoms. The highest BCUT2D eigenvalue weighted by atomic mass is 32.2. The van der Waals surface area contributed by atoms with Crippen molar-refractivity contribution in [1.82, 2.24) is 4.31 Å². The molecular weight excluding hydrogens is 350 g/mol. The molecule has 4 aliphatic carbocycles. The summed E-state index contributed by atoms with van der Waals surface area (Å²) in [5.41, 5.74) is -0.0475. The lowest BCUT2D eigenvalue weighted by atomic mass is 9.50. The van der Waals surface area contributed by atoms with E-state index >= 15 is 0 Å². The summed E-state index contributed by atoms with van der Waals surface area (Å²) in [5, 5.41) is 0. The molecule has 0 radical (unpaired) electrons. The number of hydrogen-bond donors (Lipinski definition) is 0. The van der Waals surface area contributed by atoms with E-state index in [2.05, 4.69) is 6.92 Å². The van der Waals surface area contributed by atoms with Crippen LogP contribution in [0.1, 0.15) is 64.7 Å². The van der Waals surface area contributed by atoms with Crippen LogP contribution in [0.15, 0.2) is 0 Å². The predicted octanol–water partition coefficient (Wildman–Crippen LogP) is 3.40. The first-order chi connectivity index (χ1) is 12.2. The molecule has 0 aromatic heterocycles. The van der Waals surface area contributed by atoms with Crippen LogP contribution in [0.4, 0.5) is 0 Å². The van der Waals surface area contributed by atoms with E-state index in [1.54, 1.807) is 0 Å². The van der Waals surface area contributed by atoms with Gasteiger partial charge in [-0.05, 0) is 81.0 Å². The lowest BCUT2D eigenvalue weighted by Gasteiger charge is -2.54. The highest BCUT2D eigenvalue weighted by Crippen LogP contribution is 2.61. The third-order valence-electron chi connectivity index (χ3n) is 8.32. The molecule has 0 bridgehead atoms. The second-order valence-corrected chi connectivity index (χ2v) is 11.4. The van der Waals surface area contributed by atoms with Crippen LogP contribution in [-0.4, -0.2) is 38.7 Å². The number of fused-ring (bicyclic) bond motifs is 5. The summed E-state index contributed by atoms with van der Waals surface area (Å²) in [7, 11) is -0.545. The van der Waals surface area contributed by atoms with Crippen LogP contribution in [0, 0.1) is 35.0 Å². The lowest BCUT2D eigenvalue weighted by Crippen LogP contribution is -2.49. The van der Waals surface area contributed by atoms with Gasteiger partial charge in [0.1, 0.15) is 5.78 Å². The molecule has 4 rings (SSSR count). The van der Waals surface area contributed by atoms with Crippen molar-refractivity contribution in [2.24, 2.45) is 35.0 Å². The first kappa shape index (κ1) is 18.9. The minimum Gasteiger partial charge on any atom is -0.299 e. The molecule has 0 saturated heterocycles. The molecule has 148 valence electrons. The summed E-state index contributed by atoms with van der Waals surface area (Å²) in [5.74, 6) is 3.85. The Bertz CT molecular complexity index is 675. The van der Waals surface area contributed by atoms with Crippen LogP contribution in [0.2, 0.25) is 0 Å². The van der Waals surface area contributed by atoms with Gasteiger partial charge in [-0.25, -0.2) is 0 Å². The molecule has 6 heteroatoms. The van der Waals surface area contributed by atoms with Crippen LogP contribution >= 0.6 is 0 Å². The van der Waals surface area contributed by atoms with Crippen molar-refractivity contribution in [2.75, 3.05) is 14.1 Å². The van der Waals surface area contributed by atoms with E-state index < -0.39 is 10.3 Å². The zero-order valence-corrected chi connectivity index (χ0v) is 17.1. The molecule has 7 unspecified atom stereocenters. The maximum Gasteiger partial charge on any atom is 0.338 e. The maximum atomic E-state index is 12.4. The van der Waals surface area contributed by atoms with E-state index in [4.69, 9.17) is 4.18 Å². The Labute approximate surface area is 158 Å². The molecule has 0 aromatic rings. The number of hydrogen-bond acceptors (Lipinski definition) is 4. The van der Waals surface area contributed by atoms with Crippen molar-refractivity contribution in [3.8, 4) is 0 Å². The molecule has 0 heterocycles. The van der Waals surface area contributed by atoms with Gasteiger partial charge < -0.3 is 0 Å². The summed E-state index contributed by atoms with van der Waals surface area (Å²) >= 11 is 0. The molecule has 7 atom stereocenters. The molecule has 4 fully saturated rings. The Balaban J connectivity index is 1.44. The Morgan fingerprint density at radius 2 is 1.73 bits per heavy atom. The number of rotatable bonds is 3. The van der Waals surface area contributed by atoms with E-state index in [9.17, 15) is 13.2 Å². The highest BCUT2D eigenvalue weighted by Gasteiger charge is 2.57. The van der Waals surface area contributed by atoms with E-state index in [-0.39, 0.29) is 11.5 Å². The normalized spacial score (nSPS) is 45.9. The molecule has 0 aromatic carbocycles. The van der Waals surface area contributed by atoms with Gasteiger partial charge in [-0.15, -0.1) is 0 Å². The average molecular weight is 384 g/mol. The quantitative estimate of drug-likeness (QED) is 0.749. The van der Waals surface area contributed by atoms with Crippen LogP contribution in [-0.2, 0) is 19.3 Å². The molecule has 0 N–H and O–H groups in total. The molecule has 26 heavy (non-hydrogen) atoms. The third-order valence-corrected chi connectivity index (χ3v) is 9.73. The van der Waals surface area contributed by atoms with Gasteiger partial charge in [0, 0.05) is 25.9 Å². The van der Waals surface area contributed by atoms with E-state index in [0.717, 1.165) is 48.7 Å². The van der Waals surface area contributed by atoms with Crippen LogP contribution in [0.25, 0.3) is 0 Å². The number of Topliss-reactive ketones (excluding diaryl/α,β-unsaturated/α-hetero) is 1. The summed E-state index contributed by atoms with van der Waals surface area (Å²) in [6.07, 6.45) is 9.17. The van der Waals surface area contributed by atoms with Crippen molar-refractivity contribution in [1.29, 1.82) is 0 Å². The minimum absolute atomic E-state index is 0.0475. The monoisotopic (exact) mass is 383 g/mol. The Kier molecular flexibility index (Phi) is 4.76. The van der Waals surface area contributed by atoms with Gasteiger partial charge >= 0.3 is 10.3 Å². The summed E-state index contributed by atoms with van der Waals surface area (Å²) < 4.78 is 30.7. The first-order valence-corrected chi connectivity index (χ1v) is 11.7. The third kappa shape index (κ3) is 2.96. The van der Waals surface area contributed by atoms with Gasteiger partial charge in [0.15, 0.2) is 0 Å². The molecule has 0 amide bonds. The van der Waals surface area contributed by atoms with E-state index in [1.165, 1.54) is 33.4 Å². The topological polar surface area (TPSA) is 63.7 Å². The molecule has 4 saturated carbocycles. The summed E-state index contributed by atoms with van der Waals surface area (Å²) in [6, 6.07) is 0. The van der Waals surface area contributed by atoms with Gasteiger partial charge in [0.2, 0.25) is 0 Å². The SMILES string of the molecule is CN(C)S(=O)(=O)OC1CCC2C(CCC3C2CCC2(C)C(=O)CCC32)C1. The fraction of sp³-hybridized carbons (Fsp3) is 0.950. The van der Waals surface area contributed by atoms with Gasteiger partial charge in [0.25, 0.3) is 0 Å². The van der Waals surface area contributed by atoms with Crippen molar-refractivity contribution in [3.05, 3.63) is 0 Å².